The maximum atomic E-state index is 4.93. The van der Waals surface area contributed by atoms with Crippen LogP contribution in [0.2, 0.25) is 0 Å². The highest BCUT2D eigenvalue weighted by Gasteiger charge is 1.98. The molecule has 0 aromatic heterocycles. The standard InChI is InChI=1S/C7H14BrNO/c1-6(8)4-9-7(2)5-10-3/h7,9H,1,4-5H2,2-3H3. The summed E-state index contributed by atoms with van der Waals surface area (Å²) in [5.41, 5.74) is 0. The van der Waals surface area contributed by atoms with Crippen LogP contribution in [0.15, 0.2) is 11.1 Å². The third-order valence-electron chi connectivity index (χ3n) is 1.06. The van der Waals surface area contributed by atoms with E-state index in [1.807, 2.05) is 0 Å². The molecule has 1 atom stereocenters. The van der Waals surface area contributed by atoms with Gasteiger partial charge in [-0.05, 0) is 6.92 Å². The zero-order chi connectivity index (χ0) is 7.98. The first-order valence-electron chi connectivity index (χ1n) is 3.22. The van der Waals surface area contributed by atoms with E-state index in [-0.39, 0.29) is 0 Å². The molecule has 1 unspecified atom stereocenters. The highest BCUT2D eigenvalue weighted by Crippen LogP contribution is 1.97. The van der Waals surface area contributed by atoms with Gasteiger partial charge in [-0.1, -0.05) is 22.5 Å². The molecule has 0 aromatic rings. The van der Waals surface area contributed by atoms with Crippen LogP contribution in [0.5, 0.6) is 0 Å². The summed E-state index contributed by atoms with van der Waals surface area (Å²) >= 11 is 3.26. The second-order valence-corrected chi connectivity index (χ2v) is 3.38. The minimum Gasteiger partial charge on any atom is -0.383 e. The van der Waals surface area contributed by atoms with Gasteiger partial charge in [-0.15, -0.1) is 0 Å². The number of ether oxygens (including phenoxy) is 1. The molecule has 10 heavy (non-hydrogen) atoms. The van der Waals surface area contributed by atoms with E-state index in [1.165, 1.54) is 0 Å². The largest absolute Gasteiger partial charge is 0.383 e. The van der Waals surface area contributed by atoms with E-state index < -0.39 is 0 Å². The lowest BCUT2D eigenvalue weighted by Crippen LogP contribution is -2.30. The lowest BCUT2D eigenvalue weighted by Gasteiger charge is -2.11. The SMILES string of the molecule is C=C(Br)CNC(C)COC. The predicted molar refractivity (Wildman–Crippen MR) is 47.4 cm³/mol. The second-order valence-electron chi connectivity index (χ2n) is 2.25. The van der Waals surface area contributed by atoms with Gasteiger partial charge in [-0.2, -0.15) is 0 Å². The molecule has 1 N–H and O–H groups in total. The summed E-state index contributed by atoms with van der Waals surface area (Å²) in [7, 11) is 1.70. The molecule has 0 amide bonds. The summed E-state index contributed by atoms with van der Waals surface area (Å²) in [6, 6.07) is 0.388. The number of methoxy groups -OCH3 is 1. The van der Waals surface area contributed by atoms with Gasteiger partial charge in [0.05, 0.1) is 6.61 Å². The van der Waals surface area contributed by atoms with E-state index in [2.05, 4.69) is 34.7 Å². The highest BCUT2D eigenvalue weighted by molar-refractivity contribution is 9.11. The first kappa shape index (κ1) is 10.1. The van der Waals surface area contributed by atoms with Crippen molar-refractivity contribution in [2.75, 3.05) is 20.3 Å². The van der Waals surface area contributed by atoms with E-state index in [0.29, 0.717) is 6.04 Å². The van der Waals surface area contributed by atoms with Crippen molar-refractivity contribution in [1.29, 1.82) is 0 Å². The third-order valence-corrected chi connectivity index (χ3v) is 1.34. The van der Waals surface area contributed by atoms with Gasteiger partial charge in [-0.3, -0.25) is 0 Å². The van der Waals surface area contributed by atoms with Crippen LogP contribution < -0.4 is 5.32 Å². The summed E-state index contributed by atoms with van der Waals surface area (Å²) < 4.78 is 5.90. The minimum atomic E-state index is 0.388. The van der Waals surface area contributed by atoms with Gasteiger partial charge in [0.25, 0.3) is 0 Å². The Labute approximate surface area is 70.8 Å². The molecule has 0 bridgehead atoms. The molecule has 0 aliphatic heterocycles. The van der Waals surface area contributed by atoms with Crippen molar-refractivity contribution < 1.29 is 4.74 Å². The van der Waals surface area contributed by atoms with Crippen LogP contribution >= 0.6 is 15.9 Å². The van der Waals surface area contributed by atoms with Gasteiger partial charge in [0.2, 0.25) is 0 Å². The minimum absolute atomic E-state index is 0.388. The molecule has 0 rings (SSSR count). The Morgan fingerprint density at radius 1 is 1.80 bits per heavy atom. The van der Waals surface area contributed by atoms with Crippen molar-refractivity contribution in [3.63, 3.8) is 0 Å². The fraction of sp³-hybridized carbons (Fsp3) is 0.714. The topological polar surface area (TPSA) is 21.3 Å². The van der Waals surface area contributed by atoms with Crippen molar-refractivity contribution in [3.8, 4) is 0 Å². The van der Waals surface area contributed by atoms with Crippen LogP contribution in [0.25, 0.3) is 0 Å². The molecule has 0 heterocycles. The highest BCUT2D eigenvalue weighted by atomic mass is 79.9. The van der Waals surface area contributed by atoms with Gasteiger partial charge < -0.3 is 10.1 Å². The van der Waals surface area contributed by atoms with Crippen molar-refractivity contribution in [1.82, 2.24) is 5.32 Å². The monoisotopic (exact) mass is 207 g/mol. The van der Waals surface area contributed by atoms with Crippen molar-refractivity contribution in [2.24, 2.45) is 0 Å². The molecule has 0 spiro atoms. The molecule has 0 aliphatic rings. The zero-order valence-electron chi connectivity index (χ0n) is 6.48. The van der Waals surface area contributed by atoms with E-state index in [0.717, 1.165) is 17.6 Å². The molecule has 0 saturated carbocycles. The van der Waals surface area contributed by atoms with Gasteiger partial charge in [0.1, 0.15) is 0 Å². The Hall–Kier alpha value is 0.140. The second kappa shape index (κ2) is 5.89. The molecular formula is C7H14BrNO. The molecule has 0 saturated heterocycles. The molecule has 0 fully saturated rings. The molecular weight excluding hydrogens is 194 g/mol. The van der Waals surface area contributed by atoms with E-state index in [4.69, 9.17) is 4.74 Å². The summed E-state index contributed by atoms with van der Waals surface area (Å²) in [6.07, 6.45) is 0. The average Bonchev–Trinajstić information content (AvgIpc) is 1.85. The van der Waals surface area contributed by atoms with Crippen LogP contribution in [0.3, 0.4) is 0 Å². The first-order valence-corrected chi connectivity index (χ1v) is 4.01. The van der Waals surface area contributed by atoms with Crippen LogP contribution in [0.4, 0.5) is 0 Å². The van der Waals surface area contributed by atoms with Gasteiger partial charge in [-0.25, -0.2) is 0 Å². The summed E-state index contributed by atoms with van der Waals surface area (Å²) in [4.78, 5) is 0. The van der Waals surface area contributed by atoms with E-state index >= 15 is 0 Å². The van der Waals surface area contributed by atoms with Gasteiger partial charge in [0, 0.05) is 24.2 Å². The Balaban J connectivity index is 3.21. The average molecular weight is 208 g/mol. The summed E-state index contributed by atoms with van der Waals surface area (Å²) in [6.45, 7) is 7.30. The molecule has 0 aliphatic carbocycles. The molecule has 0 aromatic carbocycles. The molecule has 2 nitrogen and oxygen atoms in total. The molecule has 60 valence electrons. The number of halogens is 1. The Kier molecular flexibility index (Phi) is 5.97. The maximum Gasteiger partial charge on any atom is 0.0613 e. The van der Waals surface area contributed by atoms with Crippen LogP contribution in [0.1, 0.15) is 6.92 Å². The number of nitrogens with one attached hydrogen (secondary N) is 1. The fourth-order valence-electron chi connectivity index (χ4n) is 0.594. The lowest BCUT2D eigenvalue weighted by atomic mass is 10.3. The predicted octanol–water partition coefficient (Wildman–Crippen LogP) is 1.52. The Morgan fingerprint density at radius 2 is 2.40 bits per heavy atom. The number of hydrogen-bond donors (Lipinski definition) is 1. The molecule has 3 heteroatoms. The van der Waals surface area contributed by atoms with Crippen molar-refractivity contribution in [2.45, 2.75) is 13.0 Å². The Morgan fingerprint density at radius 3 is 2.80 bits per heavy atom. The zero-order valence-corrected chi connectivity index (χ0v) is 8.07. The van der Waals surface area contributed by atoms with Crippen molar-refractivity contribution in [3.05, 3.63) is 11.1 Å². The fourth-order valence-corrected chi connectivity index (χ4v) is 0.756. The van der Waals surface area contributed by atoms with Gasteiger partial charge in [0.15, 0.2) is 0 Å². The molecule has 0 radical (unpaired) electrons. The smallest absolute Gasteiger partial charge is 0.0613 e. The summed E-state index contributed by atoms with van der Waals surface area (Å²) in [5.74, 6) is 0. The summed E-state index contributed by atoms with van der Waals surface area (Å²) in [5, 5.41) is 3.21. The number of rotatable bonds is 5. The van der Waals surface area contributed by atoms with E-state index in [9.17, 15) is 0 Å². The maximum absolute atomic E-state index is 4.93. The Bertz CT molecular complexity index is 106. The van der Waals surface area contributed by atoms with Crippen LogP contribution in [-0.2, 0) is 4.74 Å². The number of hydrogen-bond acceptors (Lipinski definition) is 2. The van der Waals surface area contributed by atoms with Crippen LogP contribution in [-0.4, -0.2) is 26.3 Å². The van der Waals surface area contributed by atoms with Crippen LogP contribution in [0, 0.1) is 0 Å². The van der Waals surface area contributed by atoms with Gasteiger partial charge >= 0.3 is 0 Å². The first-order chi connectivity index (χ1) is 4.66. The lowest BCUT2D eigenvalue weighted by molar-refractivity contribution is 0.174. The normalized spacial score (nSPS) is 13.1. The quantitative estimate of drug-likeness (QED) is 0.739. The third kappa shape index (κ3) is 6.26. The van der Waals surface area contributed by atoms with Crippen molar-refractivity contribution >= 4 is 15.9 Å². The van der Waals surface area contributed by atoms with E-state index in [1.54, 1.807) is 7.11 Å².